The van der Waals surface area contributed by atoms with Gasteiger partial charge in [0.25, 0.3) is 0 Å². The lowest BCUT2D eigenvalue weighted by molar-refractivity contribution is -0.164. The van der Waals surface area contributed by atoms with Crippen LogP contribution >= 0.6 is 0 Å². The normalized spacial score (nSPS) is 40.5. The number of fused-ring (bicyclic) bond motifs is 5. The molecule has 224 valence electrons. The Morgan fingerprint density at radius 2 is 1.65 bits per heavy atom. The van der Waals surface area contributed by atoms with E-state index < -0.39 is 5.60 Å². The average molecular weight is 553 g/mol. The fourth-order valence-electron chi connectivity index (χ4n) is 10.6. The van der Waals surface area contributed by atoms with Crippen LogP contribution in [0.2, 0.25) is 0 Å². The Kier molecular flexibility index (Phi) is 8.81. The summed E-state index contributed by atoms with van der Waals surface area (Å²) in [7, 11) is 1.72. The molecule has 4 aliphatic carbocycles. The maximum absolute atomic E-state index is 13.2. The van der Waals surface area contributed by atoms with Gasteiger partial charge in [0.15, 0.2) is 0 Å². The van der Waals surface area contributed by atoms with Gasteiger partial charge in [-0.3, -0.25) is 0 Å². The van der Waals surface area contributed by atoms with Crippen LogP contribution in [0.25, 0.3) is 0 Å². The SMILES string of the molecule is COC[C@]1(O)CC[C@@]2(C)C(CC[C@@H]3C2CC[C@]2(C)[C@@H]([C@H](C)[C@H](CCC(C)C)OC(=O)c4ccccc4)CC[C@@H]32)C1. The van der Waals surface area contributed by atoms with E-state index in [-0.39, 0.29) is 12.1 Å². The van der Waals surface area contributed by atoms with Crippen LogP contribution in [-0.2, 0) is 9.47 Å². The van der Waals surface area contributed by atoms with Gasteiger partial charge in [0, 0.05) is 7.11 Å². The van der Waals surface area contributed by atoms with Crippen LogP contribution in [0, 0.1) is 52.3 Å². The minimum atomic E-state index is -0.634. The van der Waals surface area contributed by atoms with Crippen molar-refractivity contribution >= 4 is 5.97 Å². The Morgan fingerprint density at radius 1 is 0.925 bits per heavy atom. The van der Waals surface area contributed by atoms with E-state index in [0.717, 1.165) is 49.9 Å². The lowest BCUT2D eigenvalue weighted by atomic mass is 9.43. The third-order valence-electron chi connectivity index (χ3n) is 12.8. The summed E-state index contributed by atoms with van der Waals surface area (Å²) in [6.45, 7) is 12.6. The van der Waals surface area contributed by atoms with Crippen molar-refractivity contribution in [3.8, 4) is 0 Å². The van der Waals surface area contributed by atoms with Crippen LogP contribution in [-0.4, -0.2) is 36.5 Å². The highest BCUT2D eigenvalue weighted by atomic mass is 16.5. The molecule has 0 amide bonds. The molecule has 0 saturated heterocycles. The van der Waals surface area contributed by atoms with Crippen molar-refractivity contribution in [1.29, 1.82) is 0 Å². The Labute approximate surface area is 244 Å². The minimum absolute atomic E-state index is 0.0292. The van der Waals surface area contributed by atoms with Crippen molar-refractivity contribution in [3.05, 3.63) is 35.9 Å². The summed E-state index contributed by atoms with van der Waals surface area (Å²) >= 11 is 0. The van der Waals surface area contributed by atoms with Crippen molar-refractivity contribution in [3.63, 3.8) is 0 Å². The highest BCUT2D eigenvalue weighted by Crippen LogP contribution is 2.69. The van der Waals surface area contributed by atoms with Gasteiger partial charge in [0.05, 0.1) is 17.8 Å². The van der Waals surface area contributed by atoms with Crippen molar-refractivity contribution in [2.45, 2.75) is 117 Å². The van der Waals surface area contributed by atoms with Crippen LogP contribution in [0.1, 0.15) is 116 Å². The number of hydrogen-bond acceptors (Lipinski definition) is 4. The molecule has 1 aromatic rings. The summed E-state index contributed by atoms with van der Waals surface area (Å²) in [5.41, 5.74) is 0.698. The summed E-state index contributed by atoms with van der Waals surface area (Å²) in [6.07, 6.45) is 12.7. The smallest absolute Gasteiger partial charge is 0.338 e. The van der Waals surface area contributed by atoms with E-state index in [1.54, 1.807) is 7.11 Å². The van der Waals surface area contributed by atoms with Crippen molar-refractivity contribution in [2.24, 2.45) is 52.3 Å². The summed E-state index contributed by atoms with van der Waals surface area (Å²) in [5, 5.41) is 11.2. The molecule has 40 heavy (non-hydrogen) atoms. The van der Waals surface area contributed by atoms with Gasteiger partial charge in [0.1, 0.15) is 6.10 Å². The first-order valence-electron chi connectivity index (χ1n) is 16.5. The molecule has 5 rings (SSSR count). The molecule has 0 aliphatic heterocycles. The van der Waals surface area contributed by atoms with Gasteiger partial charge in [-0.25, -0.2) is 4.79 Å². The number of esters is 1. The standard InChI is InChI=1S/C36H56O4/c1-24(2)12-17-32(40-33(37)26-10-8-7-9-11-26)25(3)29-15-16-30-28-14-13-27-22-36(38,23-39-6)21-20-34(27,4)31(28)18-19-35(29,30)5/h7-11,24-25,27-32,38H,12-23H2,1-6H3/t25-,27?,28-,29+,30-,31?,32-,34-,35+,36-/m0/s1. The first-order valence-corrected chi connectivity index (χ1v) is 16.5. The Bertz CT molecular complexity index is 1010. The van der Waals surface area contributed by atoms with Crippen molar-refractivity contribution in [1.82, 2.24) is 0 Å². The van der Waals surface area contributed by atoms with Gasteiger partial charge < -0.3 is 14.6 Å². The van der Waals surface area contributed by atoms with Crippen molar-refractivity contribution < 1.29 is 19.4 Å². The molecule has 1 aromatic carbocycles. The molecule has 0 radical (unpaired) electrons. The average Bonchev–Trinajstić information content (AvgIpc) is 3.28. The lowest BCUT2D eigenvalue weighted by Gasteiger charge is -2.62. The Balaban J connectivity index is 1.32. The zero-order valence-corrected chi connectivity index (χ0v) is 26.2. The molecule has 4 heteroatoms. The van der Waals surface area contributed by atoms with E-state index in [0.29, 0.717) is 46.7 Å². The van der Waals surface area contributed by atoms with Gasteiger partial charge in [0.2, 0.25) is 0 Å². The number of aliphatic hydroxyl groups is 1. The van der Waals surface area contributed by atoms with Gasteiger partial charge in [-0.1, -0.05) is 52.8 Å². The molecule has 4 nitrogen and oxygen atoms in total. The van der Waals surface area contributed by atoms with Gasteiger partial charge in [-0.15, -0.1) is 0 Å². The van der Waals surface area contributed by atoms with E-state index >= 15 is 0 Å². The zero-order chi connectivity index (χ0) is 28.7. The predicted molar refractivity (Wildman–Crippen MR) is 161 cm³/mol. The van der Waals surface area contributed by atoms with E-state index in [9.17, 15) is 9.90 Å². The second-order valence-electron chi connectivity index (χ2n) is 15.4. The summed E-state index contributed by atoms with van der Waals surface area (Å²) < 4.78 is 11.8. The van der Waals surface area contributed by atoms with E-state index in [2.05, 4.69) is 34.6 Å². The topological polar surface area (TPSA) is 55.8 Å². The molecule has 0 aromatic heterocycles. The maximum Gasteiger partial charge on any atom is 0.338 e. The van der Waals surface area contributed by atoms with Crippen molar-refractivity contribution in [2.75, 3.05) is 13.7 Å². The second-order valence-corrected chi connectivity index (χ2v) is 15.4. The summed E-state index contributed by atoms with van der Waals surface area (Å²) in [6, 6.07) is 9.54. The highest BCUT2D eigenvalue weighted by Gasteiger charge is 2.62. The number of rotatable bonds is 9. The fraction of sp³-hybridized carbons (Fsp3) is 0.806. The molecular weight excluding hydrogens is 496 g/mol. The molecule has 1 N–H and O–H groups in total. The molecule has 4 saturated carbocycles. The Hall–Kier alpha value is -1.39. The fourth-order valence-corrected chi connectivity index (χ4v) is 10.6. The second kappa shape index (κ2) is 11.7. The number of carbonyl (C=O) groups is 1. The third kappa shape index (κ3) is 5.53. The molecule has 0 bridgehead atoms. The minimum Gasteiger partial charge on any atom is -0.458 e. The lowest BCUT2D eigenvalue weighted by Crippen LogP contribution is -2.57. The highest BCUT2D eigenvalue weighted by molar-refractivity contribution is 5.89. The predicted octanol–water partition coefficient (Wildman–Crippen LogP) is 8.32. The first-order chi connectivity index (χ1) is 19.0. The summed E-state index contributed by atoms with van der Waals surface area (Å²) in [5.74, 6) is 4.35. The van der Waals surface area contributed by atoms with Gasteiger partial charge >= 0.3 is 5.97 Å². The van der Waals surface area contributed by atoms with Gasteiger partial charge in [-0.2, -0.15) is 0 Å². The number of carbonyl (C=O) groups excluding carboxylic acids is 1. The van der Waals surface area contributed by atoms with E-state index in [4.69, 9.17) is 9.47 Å². The number of ether oxygens (including phenoxy) is 2. The molecular formula is C36H56O4. The molecule has 0 heterocycles. The molecule has 4 aliphatic rings. The zero-order valence-electron chi connectivity index (χ0n) is 26.2. The number of methoxy groups -OCH3 is 1. The quantitative estimate of drug-likeness (QED) is 0.313. The molecule has 2 unspecified atom stereocenters. The third-order valence-corrected chi connectivity index (χ3v) is 12.8. The number of hydrogen-bond donors (Lipinski definition) is 1. The molecule has 0 spiro atoms. The first kappa shape index (κ1) is 30.1. The molecule has 4 fully saturated rings. The Morgan fingerprint density at radius 3 is 2.35 bits per heavy atom. The van der Waals surface area contributed by atoms with Crippen LogP contribution in [0.5, 0.6) is 0 Å². The summed E-state index contributed by atoms with van der Waals surface area (Å²) in [4.78, 5) is 13.2. The largest absolute Gasteiger partial charge is 0.458 e. The van der Waals surface area contributed by atoms with E-state index in [1.807, 2.05) is 30.3 Å². The van der Waals surface area contributed by atoms with E-state index in [1.165, 1.54) is 38.5 Å². The van der Waals surface area contributed by atoms with Crippen LogP contribution in [0.4, 0.5) is 0 Å². The monoisotopic (exact) mass is 552 g/mol. The maximum atomic E-state index is 13.2. The van der Waals surface area contributed by atoms with Crippen LogP contribution < -0.4 is 0 Å². The van der Waals surface area contributed by atoms with Crippen LogP contribution in [0.3, 0.4) is 0 Å². The number of benzene rings is 1. The molecule has 10 atom stereocenters. The van der Waals surface area contributed by atoms with Crippen LogP contribution in [0.15, 0.2) is 30.3 Å². The van der Waals surface area contributed by atoms with Gasteiger partial charge in [-0.05, 0) is 135 Å².